The number of β-lactam (4-membered cyclic amide) rings is 1. The maximum atomic E-state index is 13.7. The quantitative estimate of drug-likeness (QED) is 0.117. The smallest absolute Gasteiger partial charge is 0.233 e. The van der Waals surface area contributed by atoms with E-state index in [1.807, 2.05) is 0 Å². The third kappa shape index (κ3) is 7.69. The highest BCUT2D eigenvalue weighted by atomic mass is 19.1. The topological polar surface area (TPSA) is 219 Å². The minimum Gasteiger partial charge on any atom is -0.462 e. The van der Waals surface area contributed by atoms with Crippen molar-refractivity contribution >= 4 is 11.6 Å². The van der Waals surface area contributed by atoms with E-state index in [1.165, 1.54) is 53.4 Å². The molecule has 3 aliphatic rings. The maximum absolute atomic E-state index is 13.7. The summed E-state index contributed by atoms with van der Waals surface area (Å²) in [6, 6.07) is 16.8. The Bertz CT molecular complexity index is 1630. The minimum absolute atomic E-state index is 0.173. The summed E-state index contributed by atoms with van der Waals surface area (Å²) in [5, 5.41) is 82.5. The molecule has 0 saturated carbocycles. The Balaban J connectivity index is 1.14. The van der Waals surface area contributed by atoms with E-state index in [1.54, 1.807) is 24.3 Å². The molecule has 3 heterocycles. The van der Waals surface area contributed by atoms with Crippen molar-refractivity contribution in [3.05, 3.63) is 95.6 Å². The van der Waals surface area contributed by atoms with Gasteiger partial charge in [-0.3, -0.25) is 4.79 Å². The minimum atomic E-state index is -1.81. The average Bonchev–Trinajstić information content (AvgIpc) is 3.15. The van der Waals surface area contributed by atoms with E-state index in [0.29, 0.717) is 16.8 Å². The van der Waals surface area contributed by atoms with Crippen LogP contribution in [-0.4, -0.2) is 121 Å². The van der Waals surface area contributed by atoms with Gasteiger partial charge in [0.1, 0.15) is 66.2 Å². The number of hydrogen-bond acceptors (Lipinski definition) is 13. The number of rotatable bonds is 12. The van der Waals surface area contributed by atoms with Crippen molar-refractivity contribution in [3.63, 3.8) is 0 Å². The molecule has 282 valence electrons. The molecular weight excluding hydrogens is 692 g/mol. The van der Waals surface area contributed by atoms with Crippen molar-refractivity contribution in [2.45, 2.75) is 86.4 Å². The number of aliphatic hydroxyl groups is 8. The fourth-order valence-corrected chi connectivity index (χ4v) is 6.82. The van der Waals surface area contributed by atoms with Crippen LogP contribution in [0.2, 0.25) is 0 Å². The summed E-state index contributed by atoms with van der Waals surface area (Å²) >= 11 is 0. The normalized spacial score (nSPS) is 34.1. The van der Waals surface area contributed by atoms with Gasteiger partial charge in [0.15, 0.2) is 6.29 Å². The molecule has 8 N–H and O–H groups in total. The first-order chi connectivity index (χ1) is 24.9. The van der Waals surface area contributed by atoms with Crippen molar-refractivity contribution in [2.24, 2.45) is 5.92 Å². The van der Waals surface area contributed by atoms with Gasteiger partial charge in [-0.25, -0.2) is 8.78 Å². The van der Waals surface area contributed by atoms with E-state index in [2.05, 4.69) is 0 Å². The van der Waals surface area contributed by atoms with Crippen molar-refractivity contribution in [1.29, 1.82) is 0 Å². The van der Waals surface area contributed by atoms with Gasteiger partial charge >= 0.3 is 0 Å². The number of benzene rings is 3. The van der Waals surface area contributed by atoms with Gasteiger partial charge in [0.05, 0.1) is 31.3 Å². The molecule has 3 fully saturated rings. The fourth-order valence-electron chi connectivity index (χ4n) is 6.82. The average molecular weight is 734 g/mol. The first-order valence-electron chi connectivity index (χ1n) is 16.8. The Labute approximate surface area is 296 Å². The van der Waals surface area contributed by atoms with Crippen LogP contribution in [0.15, 0.2) is 72.8 Å². The van der Waals surface area contributed by atoms with Gasteiger partial charge in [-0.15, -0.1) is 0 Å². The molecule has 14 nitrogen and oxygen atoms in total. The van der Waals surface area contributed by atoms with E-state index in [4.69, 9.17) is 18.9 Å². The molecule has 3 aliphatic heterocycles. The lowest BCUT2D eigenvalue weighted by Gasteiger charge is -2.48. The lowest BCUT2D eigenvalue weighted by atomic mass is 9.78. The van der Waals surface area contributed by atoms with Crippen LogP contribution in [0.4, 0.5) is 14.5 Å². The van der Waals surface area contributed by atoms with Crippen LogP contribution in [0.5, 0.6) is 5.75 Å². The molecular formula is C36H41F2NO13. The lowest BCUT2D eigenvalue weighted by molar-refractivity contribution is -0.352. The summed E-state index contributed by atoms with van der Waals surface area (Å²) in [4.78, 5) is 15.0. The molecule has 13 atom stereocenters. The number of nitrogens with zero attached hydrogens (tertiary/aromatic N) is 1. The summed E-state index contributed by atoms with van der Waals surface area (Å²) in [6.45, 7) is -1.46. The van der Waals surface area contributed by atoms with Gasteiger partial charge in [-0.05, 0) is 72.5 Å². The Hall–Kier alpha value is -3.65. The molecule has 1 amide bonds. The number of anilines is 1. The van der Waals surface area contributed by atoms with E-state index >= 15 is 0 Å². The summed E-state index contributed by atoms with van der Waals surface area (Å²) in [5.74, 6) is -1.53. The van der Waals surface area contributed by atoms with Gasteiger partial charge < -0.3 is 64.7 Å². The standard InChI is InChI=1S/C36H41F2NO13/c37-19-5-1-17(2-6-19)24(42)14-13-23-27(39(34(23)48)21-9-7-20(38)8-10-21)18-3-11-22(12-4-18)49-35-32(47)30(45)33(26(16-41)51-35)52-36-31(46)29(44)28(43)25(15-40)50-36/h1-12,23-33,35-36,40-47H,13-16H2/t23-,24+,25-,26-,27-,28-,29+,30-,31-,32-,33-,35-,36+/m1/s1. The monoisotopic (exact) mass is 733 g/mol. The number of ether oxygens (including phenoxy) is 4. The predicted molar refractivity (Wildman–Crippen MR) is 174 cm³/mol. The van der Waals surface area contributed by atoms with Crippen LogP contribution in [0.1, 0.15) is 36.1 Å². The lowest BCUT2D eigenvalue weighted by Crippen LogP contribution is -2.65. The molecule has 16 heteroatoms. The predicted octanol–water partition coefficient (Wildman–Crippen LogP) is 0.186. The van der Waals surface area contributed by atoms with Crippen LogP contribution < -0.4 is 9.64 Å². The zero-order valence-corrected chi connectivity index (χ0v) is 27.6. The van der Waals surface area contributed by atoms with Gasteiger partial charge in [0, 0.05) is 5.69 Å². The summed E-state index contributed by atoms with van der Waals surface area (Å²) in [5.41, 5.74) is 1.65. The largest absolute Gasteiger partial charge is 0.462 e. The zero-order chi connectivity index (χ0) is 37.3. The molecule has 3 aromatic rings. The second kappa shape index (κ2) is 16.2. The third-order valence-corrected chi connectivity index (χ3v) is 9.76. The van der Waals surface area contributed by atoms with Crippen LogP contribution in [0, 0.1) is 17.6 Å². The highest BCUT2D eigenvalue weighted by molar-refractivity contribution is 6.03. The first-order valence-corrected chi connectivity index (χ1v) is 16.8. The zero-order valence-electron chi connectivity index (χ0n) is 27.6. The van der Waals surface area contributed by atoms with E-state index < -0.39 is 104 Å². The number of halogens is 2. The molecule has 0 unspecified atom stereocenters. The molecule has 3 saturated heterocycles. The first kappa shape index (κ1) is 38.1. The molecule has 52 heavy (non-hydrogen) atoms. The van der Waals surface area contributed by atoms with Crippen molar-refractivity contribution in [1.82, 2.24) is 0 Å². The summed E-state index contributed by atoms with van der Waals surface area (Å²) in [7, 11) is 0. The summed E-state index contributed by atoms with van der Waals surface area (Å²) < 4.78 is 49.5. The van der Waals surface area contributed by atoms with E-state index in [0.717, 1.165) is 0 Å². The molecule has 3 aromatic carbocycles. The molecule has 6 rings (SSSR count). The van der Waals surface area contributed by atoms with E-state index in [-0.39, 0.29) is 24.5 Å². The maximum Gasteiger partial charge on any atom is 0.233 e. The van der Waals surface area contributed by atoms with Crippen LogP contribution in [0.3, 0.4) is 0 Å². The second-order valence-electron chi connectivity index (χ2n) is 13.1. The van der Waals surface area contributed by atoms with Crippen molar-refractivity contribution in [2.75, 3.05) is 18.1 Å². The Morgan fingerprint density at radius 2 is 1.29 bits per heavy atom. The molecule has 0 aromatic heterocycles. The van der Waals surface area contributed by atoms with Crippen molar-refractivity contribution in [3.8, 4) is 5.75 Å². The highest BCUT2D eigenvalue weighted by Crippen LogP contribution is 2.46. The van der Waals surface area contributed by atoms with E-state index in [9.17, 15) is 54.4 Å². The Morgan fingerprint density at radius 3 is 1.90 bits per heavy atom. The van der Waals surface area contributed by atoms with Gasteiger partial charge in [0.25, 0.3) is 0 Å². The Morgan fingerprint density at radius 1 is 0.712 bits per heavy atom. The molecule has 0 aliphatic carbocycles. The van der Waals surface area contributed by atoms with Crippen LogP contribution >= 0.6 is 0 Å². The Kier molecular flexibility index (Phi) is 11.8. The van der Waals surface area contributed by atoms with Gasteiger partial charge in [-0.1, -0.05) is 24.3 Å². The number of amides is 1. The number of aliphatic hydroxyl groups excluding tert-OH is 8. The summed E-state index contributed by atoms with van der Waals surface area (Å²) in [6.07, 6.45) is -16.5. The molecule has 0 radical (unpaired) electrons. The fraction of sp³-hybridized carbons (Fsp3) is 0.472. The number of carbonyl (C=O) groups excluding carboxylic acids is 1. The van der Waals surface area contributed by atoms with Crippen LogP contribution in [-0.2, 0) is 19.0 Å². The number of carbonyl (C=O) groups is 1. The third-order valence-electron chi connectivity index (χ3n) is 9.76. The number of hydrogen-bond donors (Lipinski definition) is 8. The van der Waals surface area contributed by atoms with Gasteiger partial charge in [0.2, 0.25) is 12.2 Å². The van der Waals surface area contributed by atoms with Gasteiger partial charge in [-0.2, -0.15) is 0 Å². The van der Waals surface area contributed by atoms with Crippen LogP contribution in [0.25, 0.3) is 0 Å². The second-order valence-corrected chi connectivity index (χ2v) is 13.1. The highest BCUT2D eigenvalue weighted by Gasteiger charge is 2.52. The molecule has 0 spiro atoms. The molecule has 0 bridgehead atoms. The SMILES string of the molecule is O=C1[C@H](CC[C@H](O)c2ccc(F)cc2)[C@@H](c2ccc(O[C@@H]3O[C@H](CO)[C@@H](O[C@@H]4O[C@H](CO)[C@@H](O)[C@H](O)[C@H]4O)[C@H](O)[C@H]3O)cc2)N1c1ccc(F)cc1. The van der Waals surface area contributed by atoms with Crippen molar-refractivity contribution < 1.29 is 73.4 Å².